The minimum absolute atomic E-state index is 0.00575. The van der Waals surface area contributed by atoms with Crippen molar-refractivity contribution in [2.75, 3.05) is 6.54 Å². The quantitative estimate of drug-likeness (QED) is 0.933. The molecule has 0 unspecified atom stereocenters. The molecule has 2 aromatic heterocycles. The van der Waals surface area contributed by atoms with Gasteiger partial charge in [0.15, 0.2) is 5.89 Å². The van der Waals surface area contributed by atoms with E-state index in [0.29, 0.717) is 19.0 Å². The third kappa shape index (κ3) is 2.97. The number of hydrogen-bond donors (Lipinski definition) is 1. The molecule has 3 heterocycles. The van der Waals surface area contributed by atoms with E-state index in [2.05, 4.69) is 26.8 Å². The Morgan fingerprint density at radius 1 is 1.32 bits per heavy atom. The Balaban J connectivity index is 1.79. The smallest absolute Gasteiger partial charge is 0.255 e. The molecule has 1 N–H and O–H groups in total. The van der Waals surface area contributed by atoms with Crippen molar-refractivity contribution in [3.63, 3.8) is 0 Å². The predicted molar refractivity (Wildman–Crippen MR) is 82.6 cm³/mol. The second kappa shape index (κ2) is 6.04. The van der Waals surface area contributed by atoms with Gasteiger partial charge in [0.1, 0.15) is 11.6 Å². The molecule has 0 spiro atoms. The van der Waals surface area contributed by atoms with Crippen molar-refractivity contribution in [1.82, 2.24) is 19.9 Å². The van der Waals surface area contributed by atoms with E-state index < -0.39 is 0 Å². The van der Waals surface area contributed by atoms with Crippen LogP contribution in [0, 0.1) is 13.8 Å². The van der Waals surface area contributed by atoms with Crippen molar-refractivity contribution in [1.29, 1.82) is 0 Å². The van der Waals surface area contributed by atoms with Gasteiger partial charge in [0, 0.05) is 39.4 Å². The highest BCUT2D eigenvalue weighted by Crippen LogP contribution is 2.18. The molecular weight excluding hydrogens is 280 g/mol. The van der Waals surface area contributed by atoms with Gasteiger partial charge < -0.3 is 9.40 Å². The first-order chi connectivity index (χ1) is 10.6. The Bertz CT molecular complexity index is 732. The van der Waals surface area contributed by atoms with Gasteiger partial charge in [0.2, 0.25) is 0 Å². The Morgan fingerprint density at radius 2 is 2.14 bits per heavy atom. The first-order valence-corrected chi connectivity index (χ1v) is 7.83. The Hall–Kier alpha value is -1.95. The van der Waals surface area contributed by atoms with E-state index >= 15 is 0 Å². The molecule has 0 saturated heterocycles. The minimum atomic E-state index is 0.00575. The summed E-state index contributed by atoms with van der Waals surface area (Å²) >= 11 is 0. The Morgan fingerprint density at radius 3 is 2.82 bits per heavy atom. The molecule has 0 aliphatic carbocycles. The SMILES string of the molecule is CCCc1nc2c(c(=O)[nH]1)CN(Cc1nc(C)oc1C)CC2. The molecule has 0 bridgehead atoms. The van der Waals surface area contributed by atoms with Crippen LogP contribution in [0.1, 0.15) is 47.8 Å². The van der Waals surface area contributed by atoms with Crippen molar-refractivity contribution < 1.29 is 4.42 Å². The average molecular weight is 302 g/mol. The molecular formula is C16H22N4O2. The molecule has 0 saturated carbocycles. The molecule has 0 radical (unpaired) electrons. The monoisotopic (exact) mass is 302 g/mol. The number of oxazole rings is 1. The van der Waals surface area contributed by atoms with Crippen LogP contribution in [0.4, 0.5) is 0 Å². The molecule has 0 atom stereocenters. The molecule has 1 aliphatic heterocycles. The van der Waals surface area contributed by atoms with Crippen LogP contribution >= 0.6 is 0 Å². The lowest BCUT2D eigenvalue weighted by Crippen LogP contribution is -2.36. The predicted octanol–water partition coefficient (Wildman–Crippen LogP) is 1.89. The van der Waals surface area contributed by atoms with Crippen LogP contribution in [0.3, 0.4) is 0 Å². The molecule has 6 heteroatoms. The second-order valence-corrected chi connectivity index (χ2v) is 5.88. The molecule has 118 valence electrons. The third-order valence-corrected chi connectivity index (χ3v) is 4.06. The first-order valence-electron chi connectivity index (χ1n) is 7.83. The number of aromatic nitrogens is 3. The van der Waals surface area contributed by atoms with Crippen LogP contribution in [0.2, 0.25) is 0 Å². The van der Waals surface area contributed by atoms with Gasteiger partial charge in [-0.15, -0.1) is 0 Å². The molecule has 6 nitrogen and oxygen atoms in total. The average Bonchev–Trinajstić information content (AvgIpc) is 2.78. The van der Waals surface area contributed by atoms with Crippen LogP contribution in [-0.4, -0.2) is 26.4 Å². The van der Waals surface area contributed by atoms with Crippen LogP contribution in [0.5, 0.6) is 0 Å². The topological polar surface area (TPSA) is 75.0 Å². The van der Waals surface area contributed by atoms with Crippen LogP contribution in [-0.2, 0) is 25.9 Å². The number of hydrogen-bond acceptors (Lipinski definition) is 5. The lowest BCUT2D eigenvalue weighted by molar-refractivity contribution is 0.237. The highest BCUT2D eigenvalue weighted by molar-refractivity contribution is 5.21. The molecule has 0 amide bonds. The fourth-order valence-corrected chi connectivity index (χ4v) is 2.95. The van der Waals surface area contributed by atoms with Gasteiger partial charge in [-0.1, -0.05) is 6.92 Å². The zero-order valence-electron chi connectivity index (χ0n) is 13.4. The van der Waals surface area contributed by atoms with Crippen molar-refractivity contribution in [2.45, 2.75) is 53.1 Å². The summed E-state index contributed by atoms with van der Waals surface area (Å²) in [6, 6.07) is 0. The van der Waals surface area contributed by atoms with E-state index in [1.54, 1.807) is 0 Å². The molecule has 3 rings (SSSR count). The standard InChI is InChI=1S/C16H22N4O2/c1-4-5-15-18-13-6-7-20(8-12(13)16(21)19-15)9-14-10(2)22-11(3)17-14/h4-9H2,1-3H3,(H,18,19,21). The van der Waals surface area contributed by atoms with E-state index in [1.807, 2.05) is 13.8 Å². The van der Waals surface area contributed by atoms with Gasteiger partial charge in [-0.25, -0.2) is 9.97 Å². The van der Waals surface area contributed by atoms with Gasteiger partial charge in [-0.05, 0) is 13.3 Å². The van der Waals surface area contributed by atoms with Crippen LogP contribution < -0.4 is 5.56 Å². The summed E-state index contributed by atoms with van der Waals surface area (Å²) in [5.41, 5.74) is 2.71. The normalized spacial score (nSPS) is 15.0. The number of rotatable bonds is 4. The van der Waals surface area contributed by atoms with Crippen LogP contribution in [0.25, 0.3) is 0 Å². The van der Waals surface area contributed by atoms with E-state index in [4.69, 9.17) is 4.42 Å². The number of H-pyrrole nitrogens is 1. The van der Waals surface area contributed by atoms with Gasteiger partial charge in [0.25, 0.3) is 5.56 Å². The number of aryl methyl sites for hydroxylation is 3. The van der Waals surface area contributed by atoms with Gasteiger partial charge >= 0.3 is 0 Å². The lowest BCUT2D eigenvalue weighted by atomic mass is 10.1. The number of fused-ring (bicyclic) bond motifs is 1. The molecule has 2 aromatic rings. The largest absolute Gasteiger partial charge is 0.446 e. The number of nitrogens with zero attached hydrogens (tertiary/aromatic N) is 3. The van der Waals surface area contributed by atoms with Gasteiger partial charge in [-0.2, -0.15) is 0 Å². The summed E-state index contributed by atoms with van der Waals surface area (Å²) in [5, 5.41) is 0. The Labute approximate surface area is 129 Å². The molecule has 0 fully saturated rings. The summed E-state index contributed by atoms with van der Waals surface area (Å²) in [6.07, 6.45) is 2.62. The molecule has 22 heavy (non-hydrogen) atoms. The maximum absolute atomic E-state index is 12.3. The highest BCUT2D eigenvalue weighted by Gasteiger charge is 2.22. The maximum atomic E-state index is 12.3. The van der Waals surface area contributed by atoms with Gasteiger partial charge in [-0.3, -0.25) is 9.69 Å². The van der Waals surface area contributed by atoms with E-state index in [-0.39, 0.29) is 5.56 Å². The summed E-state index contributed by atoms with van der Waals surface area (Å²) in [5.74, 6) is 2.35. The molecule has 1 aliphatic rings. The minimum Gasteiger partial charge on any atom is -0.446 e. The number of nitrogens with one attached hydrogen (secondary N) is 1. The van der Waals surface area contributed by atoms with E-state index in [9.17, 15) is 4.79 Å². The summed E-state index contributed by atoms with van der Waals surface area (Å²) in [7, 11) is 0. The van der Waals surface area contributed by atoms with Crippen molar-refractivity contribution in [2.24, 2.45) is 0 Å². The Kier molecular flexibility index (Phi) is 4.11. The van der Waals surface area contributed by atoms with Crippen LogP contribution in [0.15, 0.2) is 9.21 Å². The summed E-state index contributed by atoms with van der Waals surface area (Å²) in [4.78, 5) is 26.4. The second-order valence-electron chi connectivity index (χ2n) is 5.88. The zero-order valence-corrected chi connectivity index (χ0v) is 13.4. The van der Waals surface area contributed by atoms with Gasteiger partial charge in [0.05, 0.1) is 17.0 Å². The summed E-state index contributed by atoms with van der Waals surface area (Å²) < 4.78 is 5.47. The van der Waals surface area contributed by atoms with Crippen molar-refractivity contribution in [3.8, 4) is 0 Å². The maximum Gasteiger partial charge on any atom is 0.255 e. The highest BCUT2D eigenvalue weighted by atomic mass is 16.4. The third-order valence-electron chi connectivity index (χ3n) is 4.06. The molecule has 0 aromatic carbocycles. The van der Waals surface area contributed by atoms with Crippen molar-refractivity contribution >= 4 is 0 Å². The fraction of sp³-hybridized carbons (Fsp3) is 0.562. The lowest BCUT2D eigenvalue weighted by Gasteiger charge is -2.27. The summed E-state index contributed by atoms with van der Waals surface area (Å²) in [6.45, 7) is 8.09. The number of aromatic amines is 1. The zero-order chi connectivity index (χ0) is 15.7. The fourth-order valence-electron chi connectivity index (χ4n) is 2.95. The van der Waals surface area contributed by atoms with E-state index in [1.165, 1.54) is 0 Å². The van der Waals surface area contributed by atoms with E-state index in [0.717, 1.165) is 54.3 Å². The van der Waals surface area contributed by atoms with Crippen molar-refractivity contribution in [3.05, 3.63) is 44.8 Å². The first kappa shape index (κ1) is 15.0.